The SMILES string of the molecule is CCOC(=O)c1c(C2C(=O)NC(=O)NC2=O)c(-c2ccccc2)n(-c2ccc([N+](=O)[O-])cc2)c1C. The molecule has 11 nitrogen and oxygen atoms in total. The number of nitro benzene ring substituents is 1. The molecule has 4 rings (SSSR count). The van der Waals surface area contributed by atoms with Gasteiger partial charge in [-0.1, -0.05) is 30.3 Å². The zero-order chi connectivity index (χ0) is 25.3. The van der Waals surface area contributed by atoms with Gasteiger partial charge in [0.05, 0.1) is 22.8 Å². The van der Waals surface area contributed by atoms with E-state index in [4.69, 9.17) is 4.74 Å². The minimum absolute atomic E-state index is 0.00583. The van der Waals surface area contributed by atoms with Crippen LogP contribution in [0, 0.1) is 17.0 Å². The van der Waals surface area contributed by atoms with Crippen molar-refractivity contribution < 1.29 is 28.8 Å². The molecular formula is C24H20N4O7. The first-order valence-electron chi connectivity index (χ1n) is 10.6. The number of barbiturate groups is 1. The highest BCUT2D eigenvalue weighted by molar-refractivity contribution is 6.21. The average molecular weight is 476 g/mol. The molecule has 0 atom stereocenters. The van der Waals surface area contributed by atoms with Gasteiger partial charge >= 0.3 is 12.0 Å². The number of hydrogen-bond acceptors (Lipinski definition) is 7. The number of hydrogen-bond donors (Lipinski definition) is 2. The number of nitrogens with one attached hydrogen (secondary N) is 2. The number of benzene rings is 2. The number of rotatable bonds is 6. The fourth-order valence-electron chi connectivity index (χ4n) is 4.16. The molecular weight excluding hydrogens is 456 g/mol. The first kappa shape index (κ1) is 23.4. The van der Waals surface area contributed by atoms with E-state index in [1.54, 1.807) is 48.7 Å². The van der Waals surface area contributed by atoms with Crippen molar-refractivity contribution in [1.29, 1.82) is 0 Å². The standard InChI is InChI=1S/C24H20N4O7/c1-3-35-23(31)17-13(2)27(15-9-11-16(12-10-15)28(33)34)20(14-7-5-4-6-8-14)18(17)19-21(29)25-24(32)26-22(19)30/h4-12,19H,3H2,1-2H3,(H2,25,26,29,30,32). The zero-order valence-corrected chi connectivity index (χ0v) is 18.7. The Bertz CT molecular complexity index is 1340. The second-order valence-corrected chi connectivity index (χ2v) is 7.66. The van der Waals surface area contributed by atoms with Crippen LogP contribution in [-0.2, 0) is 14.3 Å². The number of carbonyl (C=O) groups is 4. The smallest absolute Gasteiger partial charge is 0.340 e. The molecule has 0 aliphatic carbocycles. The fourth-order valence-corrected chi connectivity index (χ4v) is 4.16. The Morgan fingerprint density at radius 1 is 1.03 bits per heavy atom. The lowest BCUT2D eigenvalue weighted by Crippen LogP contribution is -2.54. The molecule has 4 amide bonds. The summed E-state index contributed by atoms with van der Waals surface area (Å²) in [6.45, 7) is 3.28. The lowest BCUT2D eigenvalue weighted by molar-refractivity contribution is -0.384. The summed E-state index contributed by atoms with van der Waals surface area (Å²) in [6, 6.07) is 13.4. The van der Waals surface area contributed by atoms with E-state index in [1.807, 2.05) is 0 Å². The second kappa shape index (κ2) is 9.21. The van der Waals surface area contributed by atoms with Crippen molar-refractivity contribution in [2.75, 3.05) is 6.61 Å². The molecule has 0 saturated carbocycles. The van der Waals surface area contributed by atoms with Crippen LogP contribution < -0.4 is 10.6 Å². The summed E-state index contributed by atoms with van der Waals surface area (Å²) in [5, 5.41) is 15.3. The van der Waals surface area contributed by atoms with Gasteiger partial charge in [-0.05, 0) is 31.5 Å². The summed E-state index contributed by atoms with van der Waals surface area (Å²) in [7, 11) is 0. The summed E-state index contributed by atoms with van der Waals surface area (Å²) >= 11 is 0. The predicted octanol–water partition coefficient (Wildman–Crippen LogP) is 2.99. The van der Waals surface area contributed by atoms with Crippen molar-refractivity contribution in [2.24, 2.45) is 0 Å². The second-order valence-electron chi connectivity index (χ2n) is 7.66. The quantitative estimate of drug-likeness (QED) is 0.240. The van der Waals surface area contributed by atoms with Gasteiger partial charge in [-0.15, -0.1) is 0 Å². The van der Waals surface area contributed by atoms with E-state index >= 15 is 0 Å². The molecule has 11 heteroatoms. The van der Waals surface area contributed by atoms with Gasteiger partial charge in [-0.25, -0.2) is 9.59 Å². The molecule has 178 valence electrons. The minimum atomic E-state index is -1.53. The zero-order valence-electron chi connectivity index (χ0n) is 18.7. The van der Waals surface area contributed by atoms with E-state index in [9.17, 15) is 29.3 Å². The molecule has 1 aliphatic heterocycles. The van der Waals surface area contributed by atoms with Crippen LogP contribution in [0.25, 0.3) is 16.9 Å². The van der Waals surface area contributed by atoms with Crippen LogP contribution in [0.5, 0.6) is 0 Å². The number of carbonyl (C=O) groups excluding carboxylic acids is 4. The summed E-state index contributed by atoms with van der Waals surface area (Å²) in [5.74, 6) is -4.06. The molecule has 1 aromatic heterocycles. The Kier molecular flexibility index (Phi) is 6.15. The first-order valence-corrected chi connectivity index (χ1v) is 10.6. The molecule has 0 unspecified atom stereocenters. The highest BCUT2D eigenvalue weighted by Gasteiger charge is 2.42. The van der Waals surface area contributed by atoms with Gasteiger partial charge in [0, 0.05) is 29.1 Å². The predicted molar refractivity (Wildman–Crippen MR) is 123 cm³/mol. The van der Waals surface area contributed by atoms with Crippen molar-refractivity contribution in [3.05, 3.63) is 81.5 Å². The van der Waals surface area contributed by atoms with Crippen molar-refractivity contribution >= 4 is 29.5 Å². The van der Waals surface area contributed by atoms with Crippen LogP contribution in [-0.4, -0.2) is 39.9 Å². The lowest BCUT2D eigenvalue weighted by atomic mass is 9.89. The molecule has 1 fully saturated rings. The number of ether oxygens (including phenoxy) is 1. The number of urea groups is 1. The molecule has 1 aliphatic rings. The van der Waals surface area contributed by atoms with Gasteiger partial charge in [0.1, 0.15) is 5.92 Å². The summed E-state index contributed by atoms with van der Waals surface area (Å²) in [4.78, 5) is 61.2. The number of amides is 4. The van der Waals surface area contributed by atoms with E-state index in [2.05, 4.69) is 10.6 Å². The number of imide groups is 2. The maximum Gasteiger partial charge on any atom is 0.340 e. The molecule has 2 aromatic carbocycles. The number of esters is 1. The lowest BCUT2D eigenvalue weighted by Gasteiger charge is -2.23. The van der Waals surface area contributed by atoms with E-state index in [1.165, 1.54) is 24.3 Å². The number of aromatic nitrogens is 1. The summed E-state index contributed by atoms with van der Waals surface area (Å²) in [5.41, 5.74) is 1.64. The Morgan fingerprint density at radius 2 is 1.63 bits per heavy atom. The van der Waals surface area contributed by atoms with Crippen molar-refractivity contribution in [2.45, 2.75) is 19.8 Å². The third-order valence-corrected chi connectivity index (χ3v) is 5.58. The first-order chi connectivity index (χ1) is 16.7. The molecule has 0 radical (unpaired) electrons. The van der Waals surface area contributed by atoms with Gasteiger partial charge < -0.3 is 9.30 Å². The van der Waals surface area contributed by atoms with Crippen molar-refractivity contribution in [3.8, 4) is 16.9 Å². The van der Waals surface area contributed by atoms with Gasteiger partial charge in [-0.3, -0.25) is 30.3 Å². The topological polar surface area (TPSA) is 150 Å². The Labute approximate surface area is 198 Å². The van der Waals surface area contributed by atoms with Crippen LogP contribution in [0.15, 0.2) is 54.6 Å². The van der Waals surface area contributed by atoms with Crippen LogP contribution >= 0.6 is 0 Å². The van der Waals surface area contributed by atoms with Crippen molar-refractivity contribution in [1.82, 2.24) is 15.2 Å². The normalized spacial score (nSPS) is 13.8. The van der Waals surface area contributed by atoms with Gasteiger partial charge in [0.15, 0.2) is 0 Å². The van der Waals surface area contributed by atoms with Gasteiger partial charge in [0.25, 0.3) is 5.69 Å². The van der Waals surface area contributed by atoms with E-state index in [0.717, 1.165) is 0 Å². The summed E-state index contributed by atoms with van der Waals surface area (Å²) in [6.07, 6.45) is 0. The minimum Gasteiger partial charge on any atom is -0.462 e. The molecule has 0 bridgehead atoms. The van der Waals surface area contributed by atoms with E-state index in [0.29, 0.717) is 22.6 Å². The molecule has 2 N–H and O–H groups in total. The van der Waals surface area contributed by atoms with Crippen LogP contribution in [0.2, 0.25) is 0 Å². The highest BCUT2D eigenvalue weighted by atomic mass is 16.6. The maximum absolute atomic E-state index is 13.1. The molecule has 3 aromatic rings. The van der Waals surface area contributed by atoms with E-state index < -0.39 is 34.7 Å². The monoisotopic (exact) mass is 476 g/mol. The van der Waals surface area contributed by atoms with E-state index in [-0.39, 0.29) is 23.4 Å². The largest absolute Gasteiger partial charge is 0.462 e. The number of non-ortho nitro benzene ring substituents is 1. The summed E-state index contributed by atoms with van der Waals surface area (Å²) < 4.78 is 6.89. The number of nitrogens with zero attached hydrogens (tertiary/aromatic N) is 2. The maximum atomic E-state index is 13.1. The fraction of sp³-hybridized carbons (Fsp3) is 0.167. The van der Waals surface area contributed by atoms with Crippen LogP contribution in [0.1, 0.15) is 34.5 Å². The number of nitro groups is 1. The van der Waals surface area contributed by atoms with Crippen LogP contribution in [0.3, 0.4) is 0 Å². The third-order valence-electron chi connectivity index (χ3n) is 5.58. The molecule has 1 saturated heterocycles. The van der Waals surface area contributed by atoms with Crippen LogP contribution in [0.4, 0.5) is 10.5 Å². The Morgan fingerprint density at radius 3 is 2.17 bits per heavy atom. The Balaban J connectivity index is 2.08. The third kappa shape index (κ3) is 4.14. The van der Waals surface area contributed by atoms with Crippen molar-refractivity contribution in [3.63, 3.8) is 0 Å². The average Bonchev–Trinajstić information content (AvgIpc) is 3.11. The highest BCUT2D eigenvalue weighted by Crippen LogP contribution is 2.40. The van der Waals surface area contributed by atoms with Gasteiger partial charge in [-0.2, -0.15) is 0 Å². The molecule has 0 spiro atoms. The van der Waals surface area contributed by atoms with Gasteiger partial charge in [0.2, 0.25) is 11.8 Å². The molecule has 35 heavy (non-hydrogen) atoms. The Hall–Kier alpha value is -4.80. The molecule has 2 heterocycles.